The Kier molecular flexibility index (Phi) is 7.66. The number of amides is 1. The monoisotopic (exact) mass is 409 g/mol. The Morgan fingerprint density at radius 2 is 1.81 bits per heavy atom. The van der Waals surface area contributed by atoms with Crippen molar-refractivity contribution in [3.05, 3.63) is 69.2 Å². The topological polar surface area (TPSA) is 75.6 Å². The van der Waals surface area contributed by atoms with Crippen LogP contribution in [-0.4, -0.2) is 29.2 Å². The minimum atomic E-state index is -1.00. The Labute approximate surface area is 168 Å². The van der Waals surface area contributed by atoms with Crippen molar-refractivity contribution in [2.24, 2.45) is 0 Å². The van der Waals surface area contributed by atoms with E-state index in [4.69, 9.17) is 27.9 Å². The van der Waals surface area contributed by atoms with Crippen LogP contribution in [0.4, 0.5) is 0 Å². The molecule has 0 bridgehead atoms. The van der Waals surface area contributed by atoms with Crippen LogP contribution in [0.25, 0.3) is 0 Å². The van der Waals surface area contributed by atoms with E-state index in [1.165, 1.54) is 6.07 Å². The first-order valence-corrected chi connectivity index (χ1v) is 9.21. The normalized spacial score (nSPS) is 12.0. The van der Waals surface area contributed by atoms with Gasteiger partial charge in [0.25, 0.3) is 5.91 Å². The van der Waals surface area contributed by atoms with Crippen LogP contribution in [0.3, 0.4) is 0 Å². The summed E-state index contributed by atoms with van der Waals surface area (Å²) in [6.45, 7) is 3.88. The molecule has 5 nitrogen and oxygen atoms in total. The number of aliphatic carboxylic acids is 1. The third-order valence-corrected chi connectivity index (χ3v) is 4.30. The predicted octanol–water partition coefficient (Wildman–Crippen LogP) is 4.34. The number of halogens is 2. The zero-order valence-corrected chi connectivity index (χ0v) is 16.6. The van der Waals surface area contributed by atoms with Crippen molar-refractivity contribution in [2.45, 2.75) is 39.0 Å². The molecule has 27 heavy (non-hydrogen) atoms. The van der Waals surface area contributed by atoms with Crippen molar-refractivity contribution in [2.75, 3.05) is 0 Å². The molecule has 0 heterocycles. The van der Waals surface area contributed by atoms with Crippen LogP contribution >= 0.6 is 23.2 Å². The maximum atomic E-state index is 12.3. The van der Waals surface area contributed by atoms with Crippen molar-refractivity contribution in [1.29, 1.82) is 0 Å². The number of ether oxygens (including phenoxy) is 1. The first-order chi connectivity index (χ1) is 12.8. The SMILES string of the molecule is CC(C)OC(Cc1cccc(CNC(=O)c2ccc(Cl)cc2Cl)c1)C(=O)O. The van der Waals surface area contributed by atoms with Gasteiger partial charge >= 0.3 is 5.97 Å². The molecule has 1 unspecified atom stereocenters. The van der Waals surface area contributed by atoms with E-state index in [-0.39, 0.29) is 30.0 Å². The number of hydrogen-bond acceptors (Lipinski definition) is 3. The van der Waals surface area contributed by atoms with Crippen LogP contribution in [0, 0.1) is 0 Å². The number of rotatable bonds is 8. The smallest absolute Gasteiger partial charge is 0.333 e. The molecular formula is C20H21Cl2NO4. The molecule has 0 aliphatic carbocycles. The fraction of sp³-hybridized carbons (Fsp3) is 0.300. The zero-order valence-electron chi connectivity index (χ0n) is 15.0. The van der Waals surface area contributed by atoms with Gasteiger partial charge < -0.3 is 15.2 Å². The molecule has 1 atom stereocenters. The number of carboxylic acid groups (broad SMARTS) is 1. The van der Waals surface area contributed by atoms with Crippen LogP contribution in [0.2, 0.25) is 10.0 Å². The molecule has 0 spiro atoms. The molecule has 0 fully saturated rings. The highest BCUT2D eigenvalue weighted by Gasteiger charge is 2.20. The molecule has 2 aromatic rings. The van der Waals surface area contributed by atoms with Gasteiger partial charge in [0.1, 0.15) is 0 Å². The van der Waals surface area contributed by atoms with E-state index in [0.29, 0.717) is 10.6 Å². The van der Waals surface area contributed by atoms with Crippen LogP contribution in [0.1, 0.15) is 35.3 Å². The molecular weight excluding hydrogens is 389 g/mol. The minimum absolute atomic E-state index is 0.183. The van der Waals surface area contributed by atoms with Gasteiger partial charge in [-0.15, -0.1) is 0 Å². The second-order valence-electron chi connectivity index (χ2n) is 6.34. The third kappa shape index (κ3) is 6.54. The highest BCUT2D eigenvalue weighted by atomic mass is 35.5. The minimum Gasteiger partial charge on any atom is -0.479 e. The highest BCUT2D eigenvalue weighted by molar-refractivity contribution is 6.36. The summed E-state index contributed by atoms with van der Waals surface area (Å²) in [4.78, 5) is 23.6. The van der Waals surface area contributed by atoms with Crippen LogP contribution in [-0.2, 0) is 22.5 Å². The van der Waals surface area contributed by atoms with Gasteiger partial charge in [0.05, 0.1) is 16.7 Å². The molecule has 0 saturated heterocycles. The summed E-state index contributed by atoms with van der Waals surface area (Å²) in [7, 11) is 0. The van der Waals surface area contributed by atoms with Crippen LogP contribution in [0.15, 0.2) is 42.5 Å². The molecule has 0 aliphatic rings. The Morgan fingerprint density at radius 3 is 2.44 bits per heavy atom. The van der Waals surface area contributed by atoms with E-state index in [1.54, 1.807) is 26.0 Å². The van der Waals surface area contributed by atoms with Crippen molar-refractivity contribution < 1.29 is 19.4 Å². The van der Waals surface area contributed by atoms with Gasteiger partial charge in [0.15, 0.2) is 6.10 Å². The molecule has 2 N–H and O–H groups in total. The first kappa shape index (κ1) is 21.2. The Morgan fingerprint density at radius 1 is 1.11 bits per heavy atom. The summed E-state index contributed by atoms with van der Waals surface area (Å²) in [6, 6.07) is 12.0. The van der Waals surface area contributed by atoms with Gasteiger partial charge in [-0.1, -0.05) is 47.5 Å². The third-order valence-electron chi connectivity index (χ3n) is 3.75. The lowest BCUT2D eigenvalue weighted by Crippen LogP contribution is -2.29. The standard InChI is InChI=1S/C20H21Cl2NO4/c1-12(2)27-18(20(25)26)9-13-4-3-5-14(8-13)11-23-19(24)16-7-6-15(21)10-17(16)22/h3-8,10,12,18H,9,11H2,1-2H3,(H,23,24)(H,25,26). The molecule has 0 aromatic heterocycles. The lowest BCUT2D eigenvalue weighted by Gasteiger charge is -2.17. The zero-order chi connectivity index (χ0) is 20.0. The van der Waals surface area contributed by atoms with Crippen LogP contribution < -0.4 is 5.32 Å². The fourth-order valence-corrected chi connectivity index (χ4v) is 3.05. The van der Waals surface area contributed by atoms with Crippen molar-refractivity contribution in [3.63, 3.8) is 0 Å². The largest absolute Gasteiger partial charge is 0.479 e. The fourth-order valence-electron chi connectivity index (χ4n) is 2.55. The summed E-state index contributed by atoms with van der Waals surface area (Å²) in [5, 5.41) is 12.8. The molecule has 0 radical (unpaired) electrons. The highest BCUT2D eigenvalue weighted by Crippen LogP contribution is 2.21. The summed E-state index contributed by atoms with van der Waals surface area (Å²) in [6.07, 6.45) is -0.849. The number of nitrogens with one attached hydrogen (secondary N) is 1. The van der Waals surface area contributed by atoms with Gasteiger partial charge in [-0.2, -0.15) is 0 Å². The molecule has 1 amide bonds. The molecule has 0 saturated carbocycles. The molecule has 2 rings (SSSR count). The van der Waals surface area contributed by atoms with Crippen molar-refractivity contribution in [1.82, 2.24) is 5.32 Å². The maximum Gasteiger partial charge on any atom is 0.333 e. The van der Waals surface area contributed by atoms with Gasteiger partial charge in [-0.25, -0.2) is 4.79 Å². The summed E-state index contributed by atoms with van der Waals surface area (Å²) >= 11 is 11.9. The van der Waals surface area contributed by atoms with Crippen molar-refractivity contribution in [3.8, 4) is 0 Å². The Bertz CT molecular complexity index is 823. The Balaban J connectivity index is 2.02. The predicted molar refractivity (Wildman–Crippen MR) is 105 cm³/mol. The summed E-state index contributed by atoms with van der Waals surface area (Å²) in [5.74, 6) is -1.31. The second kappa shape index (κ2) is 9.74. The number of carboxylic acids is 1. The van der Waals surface area contributed by atoms with E-state index in [1.807, 2.05) is 24.3 Å². The van der Waals surface area contributed by atoms with E-state index < -0.39 is 12.1 Å². The molecule has 2 aromatic carbocycles. The van der Waals surface area contributed by atoms with E-state index >= 15 is 0 Å². The van der Waals surface area contributed by atoms with E-state index in [0.717, 1.165) is 11.1 Å². The van der Waals surface area contributed by atoms with Crippen LogP contribution in [0.5, 0.6) is 0 Å². The van der Waals surface area contributed by atoms with Gasteiger partial charge in [0.2, 0.25) is 0 Å². The average molecular weight is 410 g/mol. The molecule has 7 heteroatoms. The second-order valence-corrected chi connectivity index (χ2v) is 7.19. The number of carbonyl (C=O) groups excluding carboxylic acids is 1. The quantitative estimate of drug-likeness (QED) is 0.679. The summed E-state index contributed by atoms with van der Waals surface area (Å²) < 4.78 is 5.44. The lowest BCUT2D eigenvalue weighted by atomic mass is 10.0. The average Bonchev–Trinajstić information content (AvgIpc) is 2.59. The number of carbonyl (C=O) groups is 2. The first-order valence-electron chi connectivity index (χ1n) is 8.45. The molecule has 144 valence electrons. The lowest BCUT2D eigenvalue weighted by molar-refractivity contribution is -0.153. The molecule has 0 aliphatic heterocycles. The summed E-state index contributed by atoms with van der Waals surface area (Å²) in [5.41, 5.74) is 2.01. The van der Waals surface area contributed by atoms with Gasteiger partial charge in [0, 0.05) is 18.0 Å². The van der Waals surface area contributed by atoms with E-state index in [9.17, 15) is 14.7 Å². The van der Waals surface area contributed by atoms with Crippen molar-refractivity contribution >= 4 is 35.1 Å². The van der Waals surface area contributed by atoms with E-state index in [2.05, 4.69) is 5.32 Å². The number of benzene rings is 2. The van der Waals surface area contributed by atoms with Gasteiger partial charge in [-0.3, -0.25) is 4.79 Å². The Hall–Kier alpha value is -2.08. The van der Waals surface area contributed by atoms with Gasteiger partial charge in [-0.05, 0) is 43.2 Å². The number of hydrogen-bond donors (Lipinski definition) is 2. The maximum absolute atomic E-state index is 12.3.